The smallest absolute Gasteiger partial charge is 0.416 e. The minimum Gasteiger partial charge on any atom is -0.464 e. The van der Waals surface area contributed by atoms with Crippen molar-refractivity contribution in [3.05, 3.63) is 58.9 Å². The van der Waals surface area contributed by atoms with E-state index in [2.05, 4.69) is 5.11 Å². The number of rotatable bonds is 5. The van der Waals surface area contributed by atoms with Crippen molar-refractivity contribution in [2.75, 3.05) is 0 Å². The van der Waals surface area contributed by atoms with Gasteiger partial charge in [0.2, 0.25) is 0 Å². The predicted molar refractivity (Wildman–Crippen MR) is 85.6 cm³/mol. The Bertz CT molecular complexity index is 760. The van der Waals surface area contributed by atoms with Gasteiger partial charge in [0.1, 0.15) is 0 Å². The number of allylic oxidation sites excluding steroid dienone is 2. The molecule has 25 heavy (non-hydrogen) atoms. The number of halogens is 3. The fourth-order valence-corrected chi connectivity index (χ4v) is 3.44. The van der Waals surface area contributed by atoms with Gasteiger partial charge in [-0.05, 0) is 55.6 Å². The Morgan fingerprint density at radius 1 is 1.16 bits per heavy atom. The van der Waals surface area contributed by atoms with Gasteiger partial charge >= 0.3 is 6.18 Å². The van der Waals surface area contributed by atoms with E-state index in [9.17, 15) is 13.2 Å². The molecule has 1 aromatic carbocycles. The molecule has 132 valence electrons. The molecule has 0 spiro atoms. The molecule has 1 atom stereocenters. The van der Waals surface area contributed by atoms with Crippen LogP contribution in [0.25, 0.3) is 0 Å². The van der Waals surface area contributed by atoms with Crippen LogP contribution in [0.4, 0.5) is 13.2 Å². The Morgan fingerprint density at radius 3 is 2.48 bits per heavy atom. The summed E-state index contributed by atoms with van der Waals surface area (Å²) in [7, 11) is 0. The van der Waals surface area contributed by atoms with Crippen molar-refractivity contribution in [2.24, 2.45) is 17.0 Å². The summed E-state index contributed by atoms with van der Waals surface area (Å²) in [6.45, 7) is 0. The predicted octanol–water partition coefficient (Wildman–Crippen LogP) is 5.94. The molecular formula is C19H19F3N2O. The Balaban J connectivity index is 1.82. The Kier molecular flexibility index (Phi) is 3.74. The monoisotopic (exact) mass is 348 g/mol. The molecule has 1 aliphatic heterocycles. The van der Waals surface area contributed by atoms with Crippen LogP contribution in [0.15, 0.2) is 52.9 Å². The van der Waals surface area contributed by atoms with Crippen LogP contribution >= 0.6 is 0 Å². The van der Waals surface area contributed by atoms with E-state index in [1.807, 2.05) is 6.08 Å². The lowest BCUT2D eigenvalue weighted by Gasteiger charge is -2.35. The van der Waals surface area contributed by atoms with E-state index in [-0.39, 0.29) is 5.56 Å². The molecule has 0 aromatic heterocycles. The van der Waals surface area contributed by atoms with Crippen LogP contribution in [0.1, 0.15) is 43.2 Å². The lowest BCUT2D eigenvalue weighted by molar-refractivity contribution is -0.140. The minimum atomic E-state index is -4.52. The Labute approximate surface area is 144 Å². The molecule has 4 rings (SSSR count). The van der Waals surface area contributed by atoms with Gasteiger partial charge in [-0.1, -0.05) is 24.3 Å². The zero-order valence-corrected chi connectivity index (χ0v) is 13.6. The third-order valence-corrected chi connectivity index (χ3v) is 5.15. The first-order valence-electron chi connectivity index (χ1n) is 8.58. The number of nitrogens with one attached hydrogen (secondary N) is 1. The van der Waals surface area contributed by atoms with Crippen LogP contribution in [0, 0.1) is 17.4 Å². The molecule has 0 radical (unpaired) electrons. The molecule has 0 saturated heterocycles. The highest BCUT2D eigenvalue weighted by Gasteiger charge is 2.48. The molecule has 1 unspecified atom stereocenters. The van der Waals surface area contributed by atoms with Gasteiger partial charge in [0.05, 0.1) is 11.8 Å². The van der Waals surface area contributed by atoms with Crippen molar-refractivity contribution in [1.29, 1.82) is 5.53 Å². The van der Waals surface area contributed by atoms with E-state index in [0.29, 0.717) is 23.8 Å². The van der Waals surface area contributed by atoms with Crippen LogP contribution in [0.3, 0.4) is 0 Å². The fourth-order valence-electron chi connectivity index (χ4n) is 3.44. The second kappa shape index (κ2) is 5.71. The van der Waals surface area contributed by atoms with Crippen molar-refractivity contribution in [2.45, 2.75) is 44.0 Å². The second-order valence-corrected chi connectivity index (χ2v) is 7.13. The Hall–Kier alpha value is -2.11. The first kappa shape index (κ1) is 16.4. The maximum absolute atomic E-state index is 13.5. The maximum atomic E-state index is 13.5. The quantitative estimate of drug-likeness (QED) is 0.658. The molecule has 2 fully saturated rings. The zero-order chi connectivity index (χ0) is 17.7. The molecule has 2 saturated carbocycles. The molecule has 0 amide bonds. The van der Waals surface area contributed by atoms with E-state index < -0.39 is 17.5 Å². The SMILES string of the molecule is N=NC1(c2ccccc2C(F)(F)F)OC=C(C2CC2)C=C1CC1CC1. The summed E-state index contributed by atoms with van der Waals surface area (Å²) in [6.07, 6.45) is 3.83. The van der Waals surface area contributed by atoms with Gasteiger partial charge in [-0.3, -0.25) is 0 Å². The molecule has 0 bridgehead atoms. The number of nitrogens with zero attached hydrogens (tertiary/aromatic N) is 1. The molecular weight excluding hydrogens is 329 g/mol. The van der Waals surface area contributed by atoms with Crippen LogP contribution in [0.2, 0.25) is 0 Å². The number of alkyl halides is 3. The highest BCUT2D eigenvalue weighted by molar-refractivity contribution is 5.45. The largest absolute Gasteiger partial charge is 0.464 e. The Morgan fingerprint density at radius 2 is 1.88 bits per heavy atom. The van der Waals surface area contributed by atoms with Gasteiger partial charge in [-0.15, -0.1) is 5.11 Å². The summed E-state index contributed by atoms with van der Waals surface area (Å²) in [6, 6.07) is 5.29. The van der Waals surface area contributed by atoms with Crippen LogP contribution in [-0.4, -0.2) is 0 Å². The molecule has 3 nitrogen and oxygen atoms in total. The maximum Gasteiger partial charge on any atom is 0.416 e. The van der Waals surface area contributed by atoms with Gasteiger partial charge in [-0.2, -0.15) is 13.2 Å². The summed E-state index contributed by atoms with van der Waals surface area (Å²) in [5, 5.41) is 3.61. The first-order valence-corrected chi connectivity index (χ1v) is 8.58. The van der Waals surface area contributed by atoms with Crippen molar-refractivity contribution >= 4 is 0 Å². The van der Waals surface area contributed by atoms with E-state index in [1.54, 1.807) is 0 Å². The van der Waals surface area contributed by atoms with Crippen molar-refractivity contribution < 1.29 is 17.9 Å². The van der Waals surface area contributed by atoms with E-state index in [4.69, 9.17) is 10.3 Å². The standard InChI is InChI=1S/C19H19F3N2O/c20-19(21,22)17-4-2-1-3-16(17)18(24-23)15(9-12-5-6-12)10-14(11-25-18)13-7-8-13/h1-4,10-13,23H,5-9H2. The molecule has 1 N–H and O–H groups in total. The van der Waals surface area contributed by atoms with E-state index >= 15 is 0 Å². The van der Waals surface area contributed by atoms with E-state index in [1.165, 1.54) is 24.5 Å². The average Bonchev–Trinajstić information content (AvgIpc) is 3.48. The minimum absolute atomic E-state index is 0.101. The first-order chi connectivity index (χ1) is 11.9. The van der Waals surface area contributed by atoms with Crippen molar-refractivity contribution in [3.63, 3.8) is 0 Å². The van der Waals surface area contributed by atoms with Crippen LogP contribution in [-0.2, 0) is 16.6 Å². The highest BCUT2D eigenvalue weighted by Crippen LogP contribution is 2.51. The zero-order valence-electron chi connectivity index (χ0n) is 13.6. The summed E-state index contributed by atoms with van der Waals surface area (Å²) >= 11 is 0. The summed E-state index contributed by atoms with van der Waals surface area (Å²) in [4.78, 5) is 0. The number of hydrogen-bond donors (Lipinski definition) is 1. The average molecular weight is 348 g/mol. The third kappa shape index (κ3) is 2.98. The van der Waals surface area contributed by atoms with Crippen LogP contribution in [0.5, 0.6) is 0 Å². The van der Waals surface area contributed by atoms with Gasteiger partial charge in [0, 0.05) is 11.1 Å². The number of hydrogen-bond acceptors (Lipinski definition) is 3. The van der Waals surface area contributed by atoms with Gasteiger partial charge in [-0.25, -0.2) is 5.53 Å². The fraction of sp³-hybridized carbons (Fsp3) is 0.474. The van der Waals surface area contributed by atoms with E-state index in [0.717, 1.165) is 37.3 Å². The summed E-state index contributed by atoms with van der Waals surface area (Å²) < 4.78 is 46.4. The second-order valence-electron chi connectivity index (χ2n) is 7.13. The third-order valence-electron chi connectivity index (χ3n) is 5.15. The highest BCUT2D eigenvalue weighted by atomic mass is 19.4. The van der Waals surface area contributed by atoms with Gasteiger partial charge < -0.3 is 4.74 Å². The normalized spacial score (nSPS) is 26.5. The molecule has 1 aromatic rings. The number of ether oxygens (including phenoxy) is 1. The number of benzene rings is 1. The molecule has 6 heteroatoms. The molecule has 3 aliphatic rings. The summed E-state index contributed by atoms with van der Waals surface area (Å²) in [5.41, 5.74) is 6.82. The summed E-state index contributed by atoms with van der Waals surface area (Å²) in [5.74, 6) is 0.878. The van der Waals surface area contributed by atoms with Gasteiger partial charge in [0.25, 0.3) is 5.72 Å². The van der Waals surface area contributed by atoms with Crippen molar-refractivity contribution in [3.8, 4) is 0 Å². The lowest BCUT2D eigenvalue weighted by Crippen LogP contribution is -2.33. The van der Waals surface area contributed by atoms with Gasteiger partial charge in [0.15, 0.2) is 0 Å². The lowest BCUT2D eigenvalue weighted by atomic mass is 9.85. The van der Waals surface area contributed by atoms with Crippen LogP contribution < -0.4 is 0 Å². The molecule has 1 heterocycles. The molecule has 2 aliphatic carbocycles. The van der Waals surface area contributed by atoms with Crippen molar-refractivity contribution in [1.82, 2.24) is 0 Å². The topological polar surface area (TPSA) is 45.4 Å².